The van der Waals surface area contributed by atoms with E-state index < -0.39 is 11.6 Å². The van der Waals surface area contributed by atoms with Crippen molar-refractivity contribution in [2.24, 2.45) is 10.9 Å². The topological polar surface area (TPSA) is 51.2 Å². The molecule has 2 radical (unpaired) electrons. The SMILES string of the molecule is [B]OC=N[C@@H](CC(C)C)C(=O)C1(C)CO1. The second-order valence-corrected chi connectivity index (χ2v) is 4.42. The van der Waals surface area contributed by atoms with Gasteiger partial charge < -0.3 is 9.39 Å². The van der Waals surface area contributed by atoms with E-state index in [9.17, 15) is 4.79 Å². The molecule has 0 aromatic carbocycles. The summed E-state index contributed by atoms with van der Waals surface area (Å²) in [6.07, 6.45) is 1.79. The van der Waals surface area contributed by atoms with Crippen molar-refractivity contribution in [2.45, 2.75) is 38.8 Å². The van der Waals surface area contributed by atoms with Gasteiger partial charge in [-0.2, -0.15) is 0 Å². The molecule has 4 nitrogen and oxygen atoms in total. The molecule has 1 rings (SSSR count). The van der Waals surface area contributed by atoms with E-state index in [0.717, 1.165) is 6.40 Å². The number of Topliss-reactive ketones (excluding diaryl/α,β-unsaturated/α-hetero) is 1. The normalized spacial score (nSPS) is 26.9. The lowest BCUT2D eigenvalue weighted by atomic mass is 9.94. The van der Waals surface area contributed by atoms with E-state index in [1.807, 2.05) is 13.8 Å². The zero-order chi connectivity index (χ0) is 11.5. The molecule has 82 valence electrons. The first-order chi connectivity index (χ1) is 6.99. The van der Waals surface area contributed by atoms with Crippen molar-refractivity contribution in [1.82, 2.24) is 0 Å². The van der Waals surface area contributed by atoms with Gasteiger partial charge in [-0.25, -0.2) is 4.99 Å². The number of ketones is 1. The molecule has 0 spiro atoms. The minimum absolute atomic E-state index is 0.00417. The highest BCUT2D eigenvalue weighted by molar-refractivity contribution is 6.02. The van der Waals surface area contributed by atoms with Crippen LogP contribution in [0.4, 0.5) is 0 Å². The van der Waals surface area contributed by atoms with Crippen LogP contribution in [0, 0.1) is 5.92 Å². The molecule has 0 aliphatic carbocycles. The van der Waals surface area contributed by atoms with E-state index in [0.29, 0.717) is 18.9 Å². The van der Waals surface area contributed by atoms with E-state index in [1.165, 1.54) is 0 Å². The molecule has 1 aliphatic heterocycles. The molecule has 2 atom stereocenters. The average Bonchev–Trinajstić information content (AvgIpc) is 2.90. The standard InChI is InChI=1S/C10H16BNO3/c1-7(2)4-8(12-6-15-11)9(13)10(3)5-14-10/h6-8H,4-5H2,1-3H3/t8-,10?/m0/s1. The highest BCUT2D eigenvalue weighted by atomic mass is 16.6. The van der Waals surface area contributed by atoms with Gasteiger partial charge in [0.1, 0.15) is 11.6 Å². The van der Waals surface area contributed by atoms with Crippen LogP contribution in [0.1, 0.15) is 27.2 Å². The van der Waals surface area contributed by atoms with Crippen molar-refractivity contribution in [3.63, 3.8) is 0 Å². The van der Waals surface area contributed by atoms with Crippen molar-refractivity contribution in [3.8, 4) is 0 Å². The van der Waals surface area contributed by atoms with Gasteiger partial charge in [-0.05, 0) is 19.3 Å². The molecule has 1 heterocycles. The van der Waals surface area contributed by atoms with E-state index in [-0.39, 0.29) is 5.78 Å². The zero-order valence-corrected chi connectivity index (χ0v) is 9.40. The van der Waals surface area contributed by atoms with Crippen molar-refractivity contribution < 1.29 is 14.2 Å². The van der Waals surface area contributed by atoms with Crippen LogP contribution in [0.15, 0.2) is 4.99 Å². The number of carbonyl (C=O) groups is 1. The van der Waals surface area contributed by atoms with Crippen LogP contribution in [0.5, 0.6) is 0 Å². The summed E-state index contributed by atoms with van der Waals surface area (Å²) in [4.78, 5) is 15.9. The molecule has 5 heteroatoms. The summed E-state index contributed by atoms with van der Waals surface area (Å²) in [5.74, 6) is 0.390. The Kier molecular flexibility index (Phi) is 3.91. The summed E-state index contributed by atoms with van der Waals surface area (Å²) in [6.45, 7) is 6.34. The summed E-state index contributed by atoms with van der Waals surface area (Å²) >= 11 is 0. The third kappa shape index (κ3) is 3.34. The molecule has 1 unspecified atom stereocenters. The number of aliphatic imine (C=N–C) groups is 1. The fraction of sp³-hybridized carbons (Fsp3) is 0.800. The molecule has 1 aliphatic rings. The minimum atomic E-state index is -0.633. The van der Waals surface area contributed by atoms with Gasteiger partial charge in [0.2, 0.25) is 0 Å². The quantitative estimate of drug-likeness (QED) is 0.282. The van der Waals surface area contributed by atoms with E-state index in [2.05, 4.69) is 9.65 Å². The van der Waals surface area contributed by atoms with Crippen LogP contribution in [-0.4, -0.2) is 38.5 Å². The number of hydrogen-bond donors (Lipinski definition) is 0. The van der Waals surface area contributed by atoms with Crippen LogP contribution >= 0.6 is 0 Å². The highest BCUT2D eigenvalue weighted by Crippen LogP contribution is 2.30. The van der Waals surface area contributed by atoms with Crippen molar-refractivity contribution in [3.05, 3.63) is 0 Å². The third-order valence-corrected chi connectivity index (χ3v) is 2.40. The van der Waals surface area contributed by atoms with Gasteiger partial charge in [0, 0.05) is 0 Å². The van der Waals surface area contributed by atoms with E-state index in [1.54, 1.807) is 6.92 Å². The molecule has 0 aromatic rings. The Bertz CT molecular complexity index is 261. The molecule has 0 aromatic heterocycles. The van der Waals surface area contributed by atoms with Crippen molar-refractivity contribution in [2.75, 3.05) is 6.61 Å². The Balaban J connectivity index is 2.62. The molecule has 0 saturated carbocycles. The first-order valence-corrected chi connectivity index (χ1v) is 5.05. The molecule has 0 bridgehead atoms. The lowest BCUT2D eigenvalue weighted by Gasteiger charge is -2.15. The van der Waals surface area contributed by atoms with Crippen molar-refractivity contribution in [1.29, 1.82) is 0 Å². The van der Waals surface area contributed by atoms with Gasteiger partial charge in [-0.15, -0.1) is 0 Å². The van der Waals surface area contributed by atoms with Gasteiger partial charge >= 0.3 is 8.05 Å². The molecule has 0 amide bonds. The van der Waals surface area contributed by atoms with Gasteiger partial charge in [-0.1, -0.05) is 13.8 Å². The molecule has 1 saturated heterocycles. The number of ether oxygens (including phenoxy) is 1. The lowest BCUT2D eigenvalue weighted by molar-refractivity contribution is -0.125. The summed E-state index contributed by atoms with van der Waals surface area (Å²) < 4.78 is 9.36. The Morgan fingerprint density at radius 3 is 2.73 bits per heavy atom. The Labute approximate surface area is 91.5 Å². The van der Waals surface area contributed by atoms with Crippen LogP contribution in [0.2, 0.25) is 0 Å². The monoisotopic (exact) mass is 209 g/mol. The number of rotatable bonds is 6. The maximum absolute atomic E-state index is 11.9. The summed E-state index contributed by atoms with van der Waals surface area (Å²) in [7, 11) is 4.84. The maximum atomic E-state index is 11.9. The minimum Gasteiger partial charge on any atom is -0.560 e. The van der Waals surface area contributed by atoms with Crippen LogP contribution in [0.3, 0.4) is 0 Å². The first-order valence-electron chi connectivity index (χ1n) is 5.05. The predicted octanol–water partition coefficient (Wildman–Crippen LogP) is 0.887. The summed E-state index contributed by atoms with van der Waals surface area (Å²) in [5, 5.41) is 0. The Morgan fingerprint density at radius 1 is 1.73 bits per heavy atom. The van der Waals surface area contributed by atoms with Gasteiger partial charge in [0.15, 0.2) is 12.2 Å². The second-order valence-electron chi connectivity index (χ2n) is 4.42. The Morgan fingerprint density at radius 2 is 2.33 bits per heavy atom. The number of hydrogen-bond acceptors (Lipinski definition) is 4. The van der Waals surface area contributed by atoms with Gasteiger partial charge in [0.05, 0.1) is 6.61 Å². The molecular weight excluding hydrogens is 193 g/mol. The Hall–Kier alpha value is -0.835. The number of nitrogens with zero attached hydrogens (tertiary/aromatic N) is 1. The molecule has 0 N–H and O–H groups in total. The lowest BCUT2D eigenvalue weighted by Crippen LogP contribution is -2.33. The van der Waals surface area contributed by atoms with Crippen LogP contribution in [0.25, 0.3) is 0 Å². The van der Waals surface area contributed by atoms with E-state index >= 15 is 0 Å². The number of carbonyl (C=O) groups excluding carboxylic acids is 1. The molecule has 15 heavy (non-hydrogen) atoms. The van der Waals surface area contributed by atoms with Crippen molar-refractivity contribution >= 4 is 20.2 Å². The fourth-order valence-electron chi connectivity index (χ4n) is 1.39. The largest absolute Gasteiger partial charge is 0.560 e. The van der Waals surface area contributed by atoms with E-state index in [4.69, 9.17) is 12.8 Å². The van der Waals surface area contributed by atoms with Crippen LogP contribution in [-0.2, 0) is 14.2 Å². The van der Waals surface area contributed by atoms with Gasteiger partial charge in [0.25, 0.3) is 0 Å². The molecule has 1 fully saturated rings. The van der Waals surface area contributed by atoms with Crippen LogP contribution < -0.4 is 0 Å². The smallest absolute Gasteiger partial charge is 0.375 e. The maximum Gasteiger partial charge on any atom is 0.375 e. The van der Waals surface area contributed by atoms with Gasteiger partial charge in [-0.3, -0.25) is 4.79 Å². The second kappa shape index (κ2) is 4.79. The zero-order valence-electron chi connectivity index (χ0n) is 9.40. The fourth-order valence-corrected chi connectivity index (χ4v) is 1.39. The highest BCUT2D eigenvalue weighted by Gasteiger charge is 2.49. The first kappa shape index (κ1) is 12.2. The number of epoxide rings is 1. The predicted molar refractivity (Wildman–Crippen MR) is 57.9 cm³/mol. The summed E-state index contributed by atoms with van der Waals surface area (Å²) in [6, 6.07) is -0.416. The average molecular weight is 209 g/mol. The summed E-state index contributed by atoms with van der Waals surface area (Å²) in [5.41, 5.74) is -0.633. The molecular formula is C10H16BNO3. The third-order valence-electron chi connectivity index (χ3n) is 2.40.